The molecule has 0 aliphatic rings. The highest BCUT2D eigenvalue weighted by molar-refractivity contribution is 5.58. The molecule has 3 heterocycles. The molecule has 0 bridgehead atoms. The quantitative estimate of drug-likeness (QED) is 0.742. The maximum atomic E-state index is 14.0. The van der Waals surface area contributed by atoms with Crippen molar-refractivity contribution in [2.75, 3.05) is 0 Å². The summed E-state index contributed by atoms with van der Waals surface area (Å²) in [5.74, 6) is 1.11. The molecule has 0 unspecified atom stereocenters. The molecule has 114 valence electrons. The van der Waals surface area contributed by atoms with Crippen LogP contribution in [-0.4, -0.2) is 24.3 Å². The number of alkyl halides is 1. The maximum Gasteiger partial charge on any atom is 0.234 e. The van der Waals surface area contributed by atoms with E-state index in [2.05, 4.69) is 33.8 Å². The Kier molecular flexibility index (Phi) is 3.39. The molecule has 3 aromatic rings. The van der Waals surface area contributed by atoms with Crippen LogP contribution in [0.5, 0.6) is 0 Å². The van der Waals surface area contributed by atoms with Gasteiger partial charge in [-0.25, -0.2) is 24.3 Å². The van der Waals surface area contributed by atoms with Gasteiger partial charge in [0.25, 0.3) is 0 Å². The van der Waals surface area contributed by atoms with Crippen LogP contribution < -0.4 is 0 Å². The van der Waals surface area contributed by atoms with Crippen LogP contribution in [0.2, 0.25) is 0 Å². The molecule has 0 saturated heterocycles. The van der Waals surface area contributed by atoms with E-state index in [9.17, 15) is 4.39 Å². The van der Waals surface area contributed by atoms with Gasteiger partial charge in [0.1, 0.15) is 0 Å². The van der Waals surface area contributed by atoms with Crippen LogP contribution in [0.15, 0.2) is 30.7 Å². The summed E-state index contributed by atoms with van der Waals surface area (Å²) in [6.07, 6.45) is 5.18. The molecule has 0 atom stereocenters. The Bertz CT molecular complexity index is 817. The topological polar surface area (TPSA) is 56.0 Å². The molecule has 0 spiro atoms. The Labute approximate surface area is 128 Å². The van der Waals surface area contributed by atoms with Gasteiger partial charge in [0, 0.05) is 18.1 Å². The number of hydrogen-bond acceptors (Lipinski definition) is 4. The lowest BCUT2D eigenvalue weighted by molar-refractivity contribution is 0.206. The first-order chi connectivity index (χ1) is 10.4. The molecule has 6 heteroatoms. The lowest BCUT2D eigenvalue weighted by Gasteiger charge is -2.12. The van der Waals surface area contributed by atoms with Crippen molar-refractivity contribution in [3.8, 4) is 11.4 Å². The van der Waals surface area contributed by atoms with E-state index >= 15 is 0 Å². The fourth-order valence-electron chi connectivity index (χ4n) is 2.18. The summed E-state index contributed by atoms with van der Waals surface area (Å²) in [7, 11) is 0. The van der Waals surface area contributed by atoms with Gasteiger partial charge in [-0.3, -0.25) is 4.40 Å². The van der Waals surface area contributed by atoms with Crippen molar-refractivity contribution in [1.82, 2.24) is 24.3 Å². The maximum absolute atomic E-state index is 14.0. The molecule has 0 aromatic carbocycles. The second kappa shape index (κ2) is 5.12. The molecular weight excluding hydrogens is 281 g/mol. The molecule has 0 amide bonds. The molecule has 3 aromatic heterocycles. The number of hydrogen-bond donors (Lipinski definition) is 0. The van der Waals surface area contributed by atoms with E-state index in [1.807, 2.05) is 16.7 Å². The smallest absolute Gasteiger partial charge is 0.234 e. The summed E-state index contributed by atoms with van der Waals surface area (Å²) in [4.78, 5) is 17.2. The van der Waals surface area contributed by atoms with Crippen LogP contribution >= 0.6 is 0 Å². The van der Waals surface area contributed by atoms with Crippen molar-refractivity contribution in [2.24, 2.45) is 0 Å². The van der Waals surface area contributed by atoms with Crippen molar-refractivity contribution in [3.05, 3.63) is 42.2 Å². The second-order valence-corrected chi connectivity index (χ2v) is 6.06. The van der Waals surface area contributed by atoms with Crippen LogP contribution in [0, 0.1) is 0 Å². The van der Waals surface area contributed by atoms with Gasteiger partial charge in [-0.2, -0.15) is 0 Å². The first kappa shape index (κ1) is 14.6. The molecule has 0 N–H and O–H groups in total. The van der Waals surface area contributed by atoms with E-state index in [1.54, 1.807) is 18.5 Å². The van der Waals surface area contributed by atoms with Crippen molar-refractivity contribution >= 4 is 5.78 Å². The zero-order valence-electron chi connectivity index (χ0n) is 13.1. The van der Waals surface area contributed by atoms with Gasteiger partial charge >= 0.3 is 0 Å². The summed E-state index contributed by atoms with van der Waals surface area (Å²) >= 11 is 0. The number of halogens is 1. The van der Waals surface area contributed by atoms with Crippen molar-refractivity contribution in [2.45, 2.75) is 39.3 Å². The Morgan fingerprint density at radius 2 is 1.91 bits per heavy atom. The van der Waals surface area contributed by atoms with E-state index in [-0.39, 0.29) is 5.82 Å². The number of aromatic nitrogens is 5. The third-order valence-electron chi connectivity index (χ3n) is 3.44. The fourth-order valence-corrected chi connectivity index (χ4v) is 2.18. The first-order valence-corrected chi connectivity index (χ1v) is 7.23. The molecule has 22 heavy (non-hydrogen) atoms. The summed E-state index contributed by atoms with van der Waals surface area (Å²) in [6, 6.07) is 3.71. The van der Waals surface area contributed by atoms with E-state index < -0.39 is 5.67 Å². The Hall–Kier alpha value is -2.37. The number of fused-ring (bicyclic) bond motifs is 1. The molecule has 0 radical (unpaired) electrons. The minimum Gasteiger partial charge on any atom is -0.282 e. The van der Waals surface area contributed by atoms with Crippen molar-refractivity contribution in [3.63, 3.8) is 0 Å². The molecule has 0 aliphatic heterocycles. The summed E-state index contributed by atoms with van der Waals surface area (Å²) in [5.41, 5.74) is 0.797. The normalized spacial score (nSPS) is 12.3. The van der Waals surface area contributed by atoms with Crippen molar-refractivity contribution in [1.29, 1.82) is 0 Å². The van der Waals surface area contributed by atoms with Crippen molar-refractivity contribution < 1.29 is 4.39 Å². The van der Waals surface area contributed by atoms with E-state index in [0.717, 1.165) is 11.4 Å². The zero-order chi connectivity index (χ0) is 15.9. The third-order valence-corrected chi connectivity index (χ3v) is 3.44. The highest BCUT2D eigenvalue weighted by atomic mass is 19.1. The first-order valence-electron chi connectivity index (χ1n) is 7.23. The Morgan fingerprint density at radius 3 is 2.59 bits per heavy atom. The van der Waals surface area contributed by atoms with E-state index in [4.69, 9.17) is 0 Å². The van der Waals surface area contributed by atoms with Gasteiger partial charge in [0.05, 0.1) is 17.6 Å². The van der Waals surface area contributed by atoms with Gasteiger partial charge in [-0.1, -0.05) is 13.8 Å². The fraction of sp³-hybridized carbons (Fsp3) is 0.375. The molecule has 0 fully saturated rings. The predicted octanol–water partition coefficient (Wildman–Crippen LogP) is 3.51. The summed E-state index contributed by atoms with van der Waals surface area (Å²) in [6.45, 7) is 7.06. The Morgan fingerprint density at radius 1 is 1.14 bits per heavy atom. The van der Waals surface area contributed by atoms with Gasteiger partial charge < -0.3 is 0 Å². The van der Waals surface area contributed by atoms with E-state index in [0.29, 0.717) is 17.4 Å². The van der Waals surface area contributed by atoms with Gasteiger partial charge in [-0.15, -0.1) is 0 Å². The van der Waals surface area contributed by atoms with Crippen LogP contribution in [0.4, 0.5) is 4.39 Å². The molecule has 5 nitrogen and oxygen atoms in total. The molecule has 0 aliphatic carbocycles. The summed E-state index contributed by atoms with van der Waals surface area (Å²) in [5, 5.41) is 0. The summed E-state index contributed by atoms with van der Waals surface area (Å²) < 4.78 is 15.9. The van der Waals surface area contributed by atoms with Crippen LogP contribution in [0.3, 0.4) is 0 Å². The SMILES string of the molecule is CC(C)c1ccn2c(-c3ccnc(C(C)(C)F)n3)cnc2n1. The standard InChI is InChI=1S/C16H18FN5/c1-10(2)11-6-8-22-13(9-19-15(22)21-11)12-5-7-18-14(20-12)16(3,4)17/h5-10H,1-4H3. The molecular formula is C16H18FN5. The van der Waals surface area contributed by atoms with Gasteiger partial charge in [0.2, 0.25) is 5.78 Å². The van der Waals surface area contributed by atoms with Crippen LogP contribution in [0.1, 0.15) is 45.1 Å². The zero-order valence-corrected chi connectivity index (χ0v) is 13.1. The lowest BCUT2D eigenvalue weighted by atomic mass is 10.1. The average molecular weight is 299 g/mol. The third kappa shape index (κ3) is 2.56. The number of rotatable bonds is 3. The average Bonchev–Trinajstić information content (AvgIpc) is 2.89. The van der Waals surface area contributed by atoms with Gasteiger partial charge in [0.15, 0.2) is 11.5 Å². The van der Waals surface area contributed by atoms with Crippen LogP contribution in [0.25, 0.3) is 17.2 Å². The molecule has 0 saturated carbocycles. The largest absolute Gasteiger partial charge is 0.282 e. The Balaban J connectivity index is 2.11. The lowest BCUT2D eigenvalue weighted by Crippen LogP contribution is -2.14. The van der Waals surface area contributed by atoms with Gasteiger partial charge in [-0.05, 0) is 31.9 Å². The van der Waals surface area contributed by atoms with E-state index in [1.165, 1.54) is 13.8 Å². The monoisotopic (exact) mass is 299 g/mol. The highest BCUT2D eigenvalue weighted by Crippen LogP contribution is 2.24. The second-order valence-electron chi connectivity index (χ2n) is 6.06. The number of imidazole rings is 1. The minimum atomic E-state index is -1.58. The molecule has 3 rings (SSSR count). The number of nitrogens with zero attached hydrogens (tertiary/aromatic N) is 5. The highest BCUT2D eigenvalue weighted by Gasteiger charge is 2.23. The van der Waals surface area contributed by atoms with Crippen LogP contribution in [-0.2, 0) is 5.67 Å². The predicted molar refractivity (Wildman–Crippen MR) is 82.2 cm³/mol. The minimum absolute atomic E-state index is 0.159.